The van der Waals surface area contributed by atoms with Gasteiger partial charge < -0.3 is 15.6 Å². The Morgan fingerprint density at radius 2 is 1.93 bits per heavy atom. The van der Waals surface area contributed by atoms with Crippen LogP contribution in [0.1, 0.15) is 18.3 Å². The van der Waals surface area contributed by atoms with Crippen molar-refractivity contribution in [3.63, 3.8) is 0 Å². The standard InChI is InChI=1S/C21H24FN5.HI/c1-2-23-21(24-12-11-16-7-6-10-18(22)13-16)26-15-20-25-14-19(27-20)17-8-4-3-5-9-17;/h3-10,13-14H,2,11-12,15H2,1H3,(H,25,27)(H2,23,24,26);1H. The van der Waals surface area contributed by atoms with Gasteiger partial charge in [-0.1, -0.05) is 42.5 Å². The van der Waals surface area contributed by atoms with Gasteiger partial charge in [0.15, 0.2) is 5.96 Å². The predicted molar refractivity (Wildman–Crippen MR) is 122 cm³/mol. The van der Waals surface area contributed by atoms with E-state index in [0.29, 0.717) is 19.0 Å². The first kappa shape index (κ1) is 21.9. The SMILES string of the molecule is CCNC(=NCc1ncc(-c2ccccc2)[nH]1)NCCc1cccc(F)c1.I. The minimum Gasteiger partial charge on any atom is -0.357 e. The molecule has 28 heavy (non-hydrogen) atoms. The number of imidazole rings is 1. The molecule has 2 aromatic carbocycles. The van der Waals surface area contributed by atoms with Crippen molar-refractivity contribution < 1.29 is 4.39 Å². The largest absolute Gasteiger partial charge is 0.357 e. The number of halogens is 2. The van der Waals surface area contributed by atoms with Gasteiger partial charge in [0.2, 0.25) is 0 Å². The second kappa shape index (κ2) is 11.4. The fourth-order valence-corrected chi connectivity index (χ4v) is 2.72. The van der Waals surface area contributed by atoms with E-state index in [1.54, 1.807) is 12.1 Å². The maximum absolute atomic E-state index is 13.2. The van der Waals surface area contributed by atoms with E-state index >= 15 is 0 Å². The third kappa shape index (κ3) is 6.63. The molecule has 0 atom stereocenters. The number of aliphatic imine (C=N–C) groups is 1. The minimum absolute atomic E-state index is 0. The number of aromatic nitrogens is 2. The predicted octanol–water partition coefficient (Wildman–Crippen LogP) is 4.13. The van der Waals surface area contributed by atoms with Crippen LogP contribution in [-0.2, 0) is 13.0 Å². The highest BCUT2D eigenvalue weighted by Crippen LogP contribution is 2.16. The van der Waals surface area contributed by atoms with Crippen molar-refractivity contribution >= 4 is 29.9 Å². The average Bonchev–Trinajstić information content (AvgIpc) is 3.16. The fraction of sp³-hybridized carbons (Fsp3) is 0.238. The molecule has 0 spiro atoms. The number of rotatable bonds is 7. The lowest BCUT2D eigenvalue weighted by molar-refractivity contribution is 0.625. The molecule has 3 rings (SSSR count). The summed E-state index contributed by atoms with van der Waals surface area (Å²) in [6, 6.07) is 16.7. The summed E-state index contributed by atoms with van der Waals surface area (Å²) in [5, 5.41) is 6.48. The van der Waals surface area contributed by atoms with E-state index < -0.39 is 0 Å². The Bertz CT molecular complexity index is 879. The highest BCUT2D eigenvalue weighted by molar-refractivity contribution is 14.0. The molecule has 0 unspecified atom stereocenters. The fourth-order valence-electron chi connectivity index (χ4n) is 2.72. The highest BCUT2D eigenvalue weighted by atomic mass is 127. The van der Waals surface area contributed by atoms with E-state index in [2.05, 4.69) is 25.6 Å². The lowest BCUT2D eigenvalue weighted by atomic mass is 10.1. The third-order valence-corrected chi connectivity index (χ3v) is 4.04. The molecular weight excluding hydrogens is 468 g/mol. The Balaban J connectivity index is 0.00000280. The van der Waals surface area contributed by atoms with E-state index in [1.165, 1.54) is 6.07 Å². The zero-order valence-corrected chi connectivity index (χ0v) is 18.1. The lowest BCUT2D eigenvalue weighted by Crippen LogP contribution is -2.38. The molecule has 148 valence electrons. The van der Waals surface area contributed by atoms with Crippen LogP contribution in [0.5, 0.6) is 0 Å². The van der Waals surface area contributed by atoms with Crippen LogP contribution in [-0.4, -0.2) is 29.0 Å². The molecule has 0 aliphatic carbocycles. The number of hydrogen-bond acceptors (Lipinski definition) is 2. The summed E-state index contributed by atoms with van der Waals surface area (Å²) in [6.45, 7) is 3.90. The molecule has 1 aromatic heterocycles. The first-order valence-corrected chi connectivity index (χ1v) is 9.10. The Labute approximate surface area is 181 Å². The normalized spacial score (nSPS) is 11.0. The zero-order chi connectivity index (χ0) is 18.9. The van der Waals surface area contributed by atoms with Crippen molar-refractivity contribution in [2.24, 2.45) is 4.99 Å². The van der Waals surface area contributed by atoms with Gasteiger partial charge in [-0.25, -0.2) is 14.4 Å². The number of hydrogen-bond donors (Lipinski definition) is 3. The quantitative estimate of drug-likeness (QED) is 0.264. The molecule has 1 heterocycles. The van der Waals surface area contributed by atoms with E-state index in [4.69, 9.17) is 0 Å². The third-order valence-electron chi connectivity index (χ3n) is 4.04. The van der Waals surface area contributed by atoms with Gasteiger partial charge in [-0.2, -0.15) is 0 Å². The molecule has 0 aliphatic rings. The Morgan fingerprint density at radius 1 is 1.11 bits per heavy atom. The number of benzene rings is 2. The van der Waals surface area contributed by atoms with E-state index in [9.17, 15) is 4.39 Å². The molecule has 3 aromatic rings. The number of guanidine groups is 1. The van der Waals surface area contributed by atoms with Crippen LogP contribution in [0.4, 0.5) is 4.39 Å². The molecule has 7 heteroatoms. The molecule has 0 saturated heterocycles. The van der Waals surface area contributed by atoms with Crippen molar-refractivity contribution in [1.82, 2.24) is 20.6 Å². The van der Waals surface area contributed by atoms with Crippen LogP contribution in [0.25, 0.3) is 11.3 Å². The van der Waals surface area contributed by atoms with Crippen LogP contribution in [0.15, 0.2) is 65.8 Å². The van der Waals surface area contributed by atoms with Gasteiger partial charge in [0.25, 0.3) is 0 Å². The van der Waals surface area contributed by atoms with Gasteiger partial charge in [-0.15, -0.1) is 24.0 Å². The molecule has 3 N–H and O–H groups in total. The van der Waals surface area contributed by atoms with Gasteiger partial charge in [0.1, 0.15) is 18.2 Å². The van der Waals surface area contributed by atoms with Crippen molar-refractivity contribution in [2.75, 3.05) is 13.1 Å². The van der Waals surface area contributed by atoms with Gasteiger partial charge in [0, 0.05) is 13.1 Å². The molecule has 0 amide bonds. The van der Waals surface area contributed by atoms with Gasteiger partial charge in [-0.3, -0.25) is 0 Å². The van der Waals surface area contributed by atoms with Gasteiger partial charge >= 0.3 is 0 Å². The Kier molecular flexibility index (Phi) is 8.93. The van der Waals surface area contributed by atoms with E-state index in [0.717, 1.165) is 35.6 Å². The van der Waals surface area contributed by atoms with Crippen LogP contribution < -0.4 is 10.6 Å². The molecular formula is C21H25FIN5. The van der Waals surface area contributed by atoms with Crippen molar-refractivity contribution in [3.8, 4) is 11.3 Å². The van der Waals surface area contributed by atoms with Crippen molar-refractivity contribution in [1.29, 1.82) is 0 Å². The summed E-state index contributed by atoms with van der Waals surface area (Å²) in [4.78, 5) is 12.3. The summed E-state index contributed by atoms with van der Waals surface area (Å²) < 4.78 is 13.2. The van der Waals surface area contributed by atoms with Crippen LogP contribution in [0, 0.1) is 5.82 Å². The number of aromatic amines is 1. The highest BCUT2D eigenvalue weighted by Gasteiger charge is 2.04. The molecule has 0 bridgehead atoms. The maximum atomic E-state index is 13.2. The molecule has 5 nitrogen and oxygen atoms in total. The smallest absolute Gasteiger partial charge is 0.191 e. The first-order chi connectivity index (χ1) is 13.2. The van der Waals surface area contributed by atoms with Crippen LogP contribution in [0.3, 0.4) is 0 Å². The topological polar surface area (TPSA) is 65.1 Å². The second-order valence-corrected chi connectivity index (χ2v) is 6.11. The Morgan fingerprint density at radius 3 is 2.68 bits per heavy atom. The molecule has 0 saturated carbocycles. The second-order valence-electron chi connectivity index (χ2n) is 6.11. The zero-order valence-electron chi connectivity index (χ0n) is 15.8. The number of H-pyrrole nitrogens is 1. The molecule has 0 radical (unpaired) electrons. The number of nitrogens with zero attached hydrogens (tertiary/aromatic N) is 2. The Hall–Kier alpha value is -2.42. The van der Waals surface area contributed by atoms with Crippen LogP contribution >= 0.6 is 24.0 Å². The lowest BCUT2D eigenvalue weighted by Gasteiger charge is -2.11. The van der Waals surface area contributed by atoms with E-state index in [1.807, 2.05) is 49.5 Å². The van der Waals surface area contributed by atoms with Gasteiger partial charge in [0.05, 0.1) is 11.9 Å². The summed E-state index contributed by atoms with van der Waals surface area (Å²) in [6.07, 6.45) is 2.55. The molecule has 0 aliphatic heterocycles. The van der Waals surface area contributed by atoms with Crippen molar-refractivity contribution in [2.45, 2.75) is 19.9 Å². The van der Waals surface area contributed by atoms with E-state index in [-0.39, 0.29) is 29.8 Å². The maximum Gasteiger partial charge on any atom is 0.191 e. The average molecular weight is 493 g/mol. The summed E-state index contributed by atoms with van der Waals surface area (Å²) in [7, 11) is 0. The summed E-state index contributed by atoms with van der Waals surface area (Å²) in [5.41, 5.74) is 3.03. The summed E-state index contributed by atoms with van der Waals surface area (Å²) in [5.74, 6) is 1.31. The number of nitrogens with one attached hydrogen (secondary N) is 3. The van der Waals surface area contributed by atoms with Gasteiger partial charge in [-0.05, 0) is 36.6 Å². The van der Waals surface area contributed by atoms with Crippen molar-refractivity contribution in [3.05, 3.63) is 78.0 Å². The summed E-state index contributed by atoms with van der Waals surface area (Å²) >= 11 is 0. The first-order valence-electron chi connectivity index (χ1n) is 9.10. The molecule has 0 fully saturated rings. The minimum atomic E-state index is -0.208. The van der Waals surface area contributed by atoms with Crippen LogP contribution in [0.2, 0.25) is 0 Å². The monoisotopic (exact) mass is 493 g/mol.